The number of carbonyl (C=O) groups excluding carboxylic acids is 1. The van der Waals surface area contributed by atoms with Crippen LogP contribution in [0.3, 0.4) is 0 Å². The number of aryl methyl sites for hydroxylation is 1. The molecule has 1 amide bonds. The molecule has 0 spiro atoms. The van der Waals surface area contributed by atoms with Gasteiger partial charge in [0, 0.05) is 29.1 Å². The molecule has 1 aliphatic carbocycles. The zero-order chi connectivity index (χ0) is 21.3. The summed E-state index contributed by atoms with van der Waals surface area (Å²) in [6.07, 6.45) is 3.43. The lowest BCUT2D eigenvalue weighted by molar-refractivity contribution is -0.116. The Labute approximate surface area is 175 Å². The van der Waals surface area contributed by atoms with Crippen molar-refractivity contribution in [2.24, 2.45) is 0 Å². The number of aromatic nitrogens is 3. The summed E-state index contributed by atoms with van der Waals surface area (Å²) in [7, 11) is 3.13. The first-order chi connectivity index (χ1) is 14.5. The van der Waals surface area contributed by atoms with E-state index in [4.69, 9.17) is 13.9 Å². The lowest BCUT2D eigenvalue weighted by Gasteiger charge is -2.20. The number of benzene rings is 1. The van der Waals surface area contributed by atoms with Crippen molar-refractivity contribution in [1.29, 1.82) is 0 Å². The fourth-order valence-electron chi connectivity index (χ4n) is 3.68. The summed E-state index contributed by atoms with van der Waals surface area (Å²) in [4.78, 5) is 12.7. The summed E-state index contributed by atoms with van der Waals surface area (Å²) in [5.41, 5.74) is 3.37. The van der Waals surface area contributed by atoms with Crippen molar-refractivity contribution < 1.29 is 18.7 Å². The molecule has 1 aliphatic rings. The first kappa shape index (κ1) is 20.0. The van der Waals surface area contributed by atoms with Gasteiger partial charge in [-0.25, -0.2) is 0 Å². The predicted molar refractivity (Wildman–Crippen MR) is 112 cm³/mol. The average Bonchev–Trinajstić information content (AvgIpc) is 3.26. The highest BCUT2D eigenvalue weighted by Gasteiger charge is 2.26. The quantitative estimate of drug-likeness (QED) is 0.631. The number of nitrogens with one attached hydrogen (secondary N) is 1. The Morgan fingerprint density at radius 3 is 2.60 bits per heavy atom. The van der Waals surface area contributed by atoms with Gasteiger partial charge >= 0.3 is 0 Å². The summed E-state index contributed by atoms with van der Waals surface area (Å²) >= 11 is 0. The molecule has 30 heavy (non-hydrogen) atoms. The predicted octanol–water partition coefficient (Wildman–Crippen LogP) is 4.08. The van der Waals surface area contributed by atoms with Crippen LogP contribution < -0.4 is 14.8 Å². The van der Waals surface area contributed by atoms with Gasteiger partial charge in [0.2, 0.25) is 17.7 Å². The minimum Gasteiger partial charge on any atom is -0.493 e. The number of carbonyl (C=O) groups is 1. The van der Waals surface area contributed by atoms with E-state index < -0.39 is 0 Å². The molecule has 0 aliphatic heterocycles. The fourth-order valence-corrected chi connectivity index (χ4v) is 3.68. The van der Waals surface area contributed by atoms with Gasteiger partial charge in [-0.3, -0.25) is 4.79 Å². The van der Waals surface area contributed by atoms with Crippen molar-refractivity contribution >= 4 is 11.6 Å². The van der Waals surface area contributed by atoms with E-state index in [0.717, 1.165) is 29.8 Å². The van der Waals surface area contributed by atoms with Crippen molar-refractivity contribution in [2.45, 2.75) is 45.6 Å². The van der Waals surface area contributed by atoms with E-state index in [1.807, 2.05) is 24.5 Å². The molecule has 158 valence electrons. The van der Waals surface area contributed by atoms with Gasteiger partial charge in [0.15, 0.2) is 11.5 Å². The number of hydrogen-bond acceptors (Lipinski definition) is 6. The summed E-state index contributed by atoms with van der Waals surface area (Å²) in [5, 5.41) is 11.4. The van der Waals surface area contributed by atoms with Crippen LogP contribution in [0.4, 0.5) is 5.69 Å². The molecule has 3 aromatic rings. The standard InChI is InChI=1S/C22H26N4O4/c1-13-10-17(22-25-24-21(30-22)15-6-5-7-15)14(2)26(13)12-20(27)23-16-8-9-18(28-3)19(11-16)29-4/h8-11,15H,5-7,12H2,1-4H3,(H,23,27). The molecule has 0 atom stereocenters. The molecular weight excluding hydrogens is 384 g/mol. The van der Waals surface area contributed by atoms with Crippen LogP contribution in [0.15, 0.2) is 28.7 Å². The monoisotopic (exact) mass is 410 g/mol. The highest BCUT2D eigenvalue weighted by atomic mass is 16.5. The van der Waals surface area contributed by atoms with Crippen molar-refractivity contribution in [1.82, 2.24) is 14.8 Å². The van der Waals surface area contributed by atoms with E-state index in [1.54, 1.807) is 32.4 Å². The molecule has 8 heteroatoms. The molecule has 4 rings (SSSR count). The second-order valence-corrected chi connectivity index (χ2v) is 7.56. The smallest absolute Gasteiger partial charge is 0.249 e. The molecule has 0 saturated heterocycles. The van der Waals surface area contributed by atoms with Crippen LogP contribution in [-0.4, -0.2) is 34.9 Å². The Hall–Kier alpha value is -3.29. The topological polar surface area (TPSA) is 91.4 Å². The lowest BCUT2D eigenvalue weighted by Crippen LogP contribution is -2.20. The van der Waals surface area contributed by atoms with E-state index in [0.29, 0.717) is 34.9 Å². The number of nitrogens with zero attached hydrogens (tertiary/aromatic N) is 3. The number of amides is 1. The van der Waals surface area contributed by atoms with Gasteiger partial charge in [-0.2, -0.15) is 0 Å². The Morgan fingerprint density at radius 1 is 1.17 bits per heavy atom. The maximum Gasteiger partial charge on any atom is 0.249 e. The van der Waals surface area contributed by atoms with Crippen LogP contribution in [0.2, 0.25) is 0 Å². The van der Waals surface area contributed by atoms with E-state index in [1.165, 1.54) is 6.42 Å². The molecule has 2 aromatic heterocycles. The zero-order valence-corrected chi connectivity index (χ0v) is 17.7. The largest absolute Gasteiger partial charge is 0.493 e. The maximum absolute atomic E-state index is 12.7. The molecule has 0 unspecified atom stereocenters. The fraction of sp³-hybridized carbons (Fsp3) is 0.409. The number of anilines is 1. The van der Waals surface area contributed by atoms with E-state index >= 15 is 0 Å². The molecular formula is C22H26N4O4. The molecule has 1 N–H and O–H groups in total. The van der Waals surface area contributed by atoms with Crippen molar-refractivity contribution in [3.63, 3.8) is 0 Å². The minimum atomic E-state index is -0.142. The zero-order valence-electron chi connectivity index (χ0n) is 17.7. The molecule has 0 bridgehead atoms. The maximum atomic E-state index is 12.7. The first-order valence-corrected chi connectivity index (χ1v) is 10.0. The van der Waals surface area contributed by atoms with Gasteiger partial charge in [0.25, 0.3) is 0 Å². The highest BCUT2D eigenvalue weighted by molar-refractivity contribution is 5.91. The van der Waals surface area contributed by atoms with Crippen LogP contribution in [0, 0.1) is 13.8 Å². The third-order valence-corrected chi connectivity index (χ3v) is 5.67. The number of ether oxygens (including phenoxy) is 2. The Bertz CT molecular complexity index is 1070. The van der Waals surface area contributed by atoms with Crippen LogP contribution in [0.25, 0.3) is 11.5 Å². The third-order valence-electron chi connectivity index (χ3n) is 5.67. The summed E-state index contributed by atoms with van der Waals surface area (Å²) in [6, 6.07) is 7.25. The van der Waals surface area contributed by atoms with E-state index in [2.05, 4.69) is 15.5 Å². The van der Waals surface area contributed by atoms with E-state index in [9.17, 15) is 4.79 Å². The summed E-state index contributed by atoms with van der Waals surface area (Å²) in [6.45, 7) is 4.10. The second-order valence-electron chi connectivity index (χ2n) is 7.56. The van der Waals surface area contributed by atoms with Crippen LogP contribution in [-0.2, 0) is 11.3 Å². The van der Waals surface area contributed by atoms with Crippen molar-refractivity contribution in [3.05, 3.63) is 41.5 Å². The molecule has 0 radical (unpaired) electrons. The SMILES string of the molecule is COc1ccc(NC(=O)Cn2c(C)cc(-c3nnc(C4CCC4)o3)c2C)cc1OC. The average molecular weight is 410 g/mol. The van der Waals surface area contributed by atoms with Crippen LogP contribution in [0.5, 0.6) is 11.5 Å². The van der Waals surface area contributed by atoms with Crippen LogP contribution >= 0.6 is 0 Å². The highest BCUT2D eigenvalue weighted by Crippen LogP contribution is 2.37. The van der Waals surface area contributed by atoms with Gasteiger partial charge in [-0.1, -0.05) is 6.42 Å². The molecule has 2 heterocycles. The van der Waals surface area contributed by atoms with Gasteiger partial charge in [0.05, 0.1) is 19.8 Å². The summed E-state index contributed by atoms with van der Waals surface area (Å²) in [5.74, 6) is 2.64. The van der Waals surface area contributed by atoms with Gasteiger partial charge in [0.1, 0.15) is 6.54 Å². The third kappa shape index (κ3) is 3.77. The normalized spacial score (nSPS) is 13.7. The van der Waals surface area contributed by atoms with E-state index in [-0.39, 0.29) is 12.5 Å². The Kier molecular flexibility index (Phi) is 5.48. The second kappa shape index (κ2) is 8.22. The van der Waals surface area contributed by atoms with Crippen LogP contribution in [0.1, 0.15) is 42.5 Å². The van der Waals surface area contributed by atoms with Gasteiger partial charge < -0.3 is 23.8 Å². The molecule has 8 nitrogen and oxygen atoms in total. The molecule has 1 saturated carbocycles. The molecule has 1 aromatic carbocycles. The lowest BCUT2D eigenvalue weighted by atomic mass is 9.85. The number of rotatable bonds is 7. The van der Waals surface area contributed by atoms with Crippen molar-refractivity contribution in [2.75, 3.05) is 19.5 Å². The number of hydrogen-bond donors (Lipinski definition) is 1. The van der Waals surface area contributed by atoms with Gasteiger partial charge in [-0.05, 0) is 44.9 Å². The first-order valence-electron chi connectivity index (χ1n) is 10.0. The minimum absolute atomic E-state index is 0.142. The summed E-state index contributed by atoms with van der Waals surface area (Å²) < 4.78 is 18.4. The van der Waals surface area contributed by atoms with Gasteiger partial charge in [-0.15, -0.1) is 10.2 Å². The number of methoxy groups -OCH3 is 2. The van der Waals surface area contributed by atoms with Crippen molar-refractivity contribution in [3.8, 4) is 23.0 Å². The Balaban J connectivity index is 1.49. The molecule has 1 fully saturated rings. The Morgan fingerprint density at radius 2 is 1.93 bits per heavy atom.